The first kappa shape index (κ1) is 16.0. The van der Waals surface area contributed by atoms with Crippen molar-refractivity contribution in [1.29, 1.82) is 0 Å². The zero-order chi connectivity index (χ0) is 18.5. The van der Waals surface area contributed by atoms with Gasteiger partial charge in [0.25, 0.3) is 0 Å². The molecule has 0 saturated carbocycles. The van der Waals surface area contributed by atoms with Crippen LogP contribution in [-0.4, -0.2) is 18.9 Å². The minimum Gasteiger partial charge on any atom is -0.454 e. The molecule has 1 N–H and O–H groups in total. The van der Waals surface area contributed by atoms with Crippen molar-refractivity contribution in [3.63, 3.8) is 0 Å². The average Bonchev–Trinajstić information content (AvgIpc) is 3.12. The molecule has 5 nitrogen and oxygen atoms in total. The molecule has 5 rings (SSSR count). The molecule has 0 radical (unpaired) electrons. The number of carbonyl (C=O) groups is 1. The number of carbonyl (C=O) groups excluding carboxylic acids is 1. The predicted molar refractivity (Wildman–Crippen MR) is 105 cm³/mol. The fourth-order valence-electron chi connectivity index (χ4n) is 3.93. The van der Waals surface area contributed by atoms with Crippen molar-refractivity contribution < 1.29 is 14.3 Å². The Kier molecular flexibility index (Phi) is 3.50. The van der Waals surface area contributed by atoms with Crippen molar-refractivity contribution in [2.24, 2.45) is 0 Å². The van der Waals surface area contributed by atoms with Gasteiger partial charge in [0.15, 0.2) is 11.5 Å². The zero-order valence-corrected chi connectivity index (χ0v) is 15.2. The second-order valence-electron chi connectivity index (χ2n) is 7.22. The topological polar surface area (TPSA) is 50.8 Å². The summed E-state index contributed by atoms with van der Waals surface area (Å²) in [6.45, 7) is 4.22. The third-order valence-electron chi connectivity index (χ3n) is 5.20. The number of amides is 2. The molecule has 1 unspecified atom stereocenters. The molecule has 27 heavy (non-hydrogen) atoms. The lowest BCUT2D eigenvalue weighted by atomic mass is 9.92. The molecule has 1 atom stereocenters. The standard InChI is InChI=1S/C22H20N2O3/c1-13(2)24-18-11-20-19(26-12-27-20)10-17(18)21(23-22(24)25)16-8-7-14-5-3-4-6-15(14)9-16/h3-11,13,21H,12H2,1-2H3,(H,23,25). The van der Waals surface area contributed by atoms with Crippen molar-refractivity contribution in [1.82, 2.24) is 5.32 Å². The van der Waals surface area contributed by atoms with E-state index in [2.05, 4.69) is 35.6 Å². The molecule has 0 spiro atoms. The Labute approximate surface area is 157 Å². The van der Waals surface area contributed by atoms with E-state index in [1.54, 1.807) is 4.90 Å². The number of nitrogens with one attached hydrogen (secondary N) is 1. The zero-order valence-electron chi connectivity index (χ0n) is 15.2. The molecular formula is C22H20N2O3. The van der Waals surface area contributed by atoms with Gasteiger partial charge in [-0.05, 0) is 42.3 Å². The lowest BCUT2D eigenvalue weighted by Gasteiger charge is -2.37. The molecule has 2 aliphatic heterocycles. The van der Waals surface area contributed by atoms with Gasteiger partial charge in [-0.15, -0.1) is 0 Å². The third-order valence-corrected chi connectivity index (χ3v) is 5.20. The third kappa shape index (κ3) is 2.50. The highest BCUT2D eigenvalue weighted by atomic mass is 16.7. The van der Waals surface area contributed by atoms with Gasteiger partial charge >= 0.3 is 6.03 Å². The minimum absolute atomic E-state index is 0.0293. The molecule has 5 heteroatoms. The van der Waals surface area contributed by atoms with Gasteiger partial charge in [-0.25, -0.2) is 4.79 Å². The number of ether oxygens (including phenoxy) is 2. The van der Waals surface area contributed by atoms with Gasteiger partial charge in [-0.2, -0.15) is 0 Å². The van der Waals surface area contributed by atoms with Crippen LogP contribution in [0.2, 0.25) is 0 Å². The highest BCUT2D eigenvalue weighted by Crippen LogP contribution is 2.44. The van der Waals surface area contributed by atoms with E-state index in [1.807, 2.05) is 38.1 Å². The SMILES string of the molecule is CC(C)N1C(=O)NC(c2ccc3ccccc3c2)c2cc3c(cc21)OCO3. The van der Waals surface area contributed by atoms with Gasteiger partial charge in [0.1, 0.15) is 0 Å². The first-order chi connectivity index (χ1) is 13.1. The number of hydrogen-bond donors (Lipinski definition) is 1. The van der Waals surface area contributed by atoms with Crippen LogP contribution in [0.25, 0.3) is 10.8 Å². The maximum absolute atomic E-state index is 12.9. The van der Waals surface area contributed by atoms with Gasteiger partial charge in [-0.1, -0.05) is 36.4 Å². The summed E-state index contributed by atoms with van der Waals surface area (Å²) in [6, 6.07) is 18.1. The molecule has 0 bridgehead atoms. The molecule has 2 amide bonds. The Balaban J connectivity index is 1.69. The number of benzene rings is 3. The lowest BCUT2D eigenvalue weighted by Crippen LogP contribution is -2.50. The second kappa shape index (κ2) is 5.91. The largest absolute Gasteiger partial charge is 0.454 e. The maximum atomic E-state index is 12.9. The minimum atomic E-state index is -0.235. The Bertz CT molecular complexity index is 1060. The second-order valence-corrected chi connectivity index (χ2v) is 7.22. The Hall–Kier alpha value is -3.21. The van der Waals surface area contributed by atoms with Crippen LogP contribution in [0, 0.1) is 0 Å². The fraction of sp³-hybridized carbons (Fsp3) is 0.227. The molecule has 3 aromatic rings. The molecule has 2 heterocycles. The highest BCUT2D eigenvalue weighted by molar-refractivity contribution is 5.97. The van der Waals surface area contributed by atoms with Crippen LogP contribution in [0.1, 0.15) is 31.0 Å². The quantitative estimate of drug-likeness (QED) is 0.727. The molecule has 3 aromatic carbocycles. The maximum Gasteiger partial charge on any atom is 0.322 e. The molecule has 0 fully saturated rings. The first-order valence-electron chi connectivity index (χ1n) is 9.14. The number of hydrogen-bond acceptors (Lipinski definition) is 3. The Morgan fingerprint density at radius 3 is 2.52 bits per heavy atom. The number of fused-ring (bicyclic) bond motifs is 3. The van der Waals surface area contributed by atoms with Crippen molar-refractivity contribution in [2.75, 3.05) is 11.7 Å². The van der Waals surface area contributed by atoms with E-state index in [0.29, 0.717) is 5.75 Å². The van der Waals surface area contributed by atoms with Gasteiger partial charge in [0.05, 0.1) is 11.7 Å². The lowest BCUT2D eigenvalue weighted by molar-refractivity contribution is 0.174. The molecule has 2 aliphatic rings. The molecule has 0 aromatic heterocycles. The fourth-order valence-corrected chi connectivity index (χ4v) is 3.93. The van der Waals surface area contributed by atoms with E-state index in [-0.39, 0.29) is 24.9 Å². The summed E-state index contributed by atoms with van der Waals surface area (Å²) in [5.74, 6) is 1.41. The Morgan fingerprint density at radius 1 is 1.00 bits per heavy atom. The highest BCUT2D eigenvalue weighted by Gasteiger charge is 2.35. The summed E-state index contributed by atoms with van der Waals surface area (Å²) in [7, 11) is 0. The van der Waals surface area contributed by atoms with E-state index < -0.39 is 0 Å². The monoisotopic (exact) mass is 360 g/mol. The molecule has 0 aliphatic carbocycles. The summed E-state index contributed by atoms with van der Waals surface area (Å²) in [5.41, 5.74) is 2.93. The molecule has 0 saturated heterocycles. The van der Waals surface area contributed by atoms with Crippen molar-refractivity contribution in [3.8, 4) is 11.5 Å². The van der Waals surface area contributed by atoms with Crippen LogP contribution < -0.4 is 19.7 Å². The average molecular weight is 360 g/mol. The van der Waals surface area contributed by atoms with E-state index >= 15 is 0 Å². The number of anilines is 1. The summed E-state index contributed by atoms with van der Waals surface area (Å²) < 4.78 is 11.1. The van der Waals surface area contributed by atoms with Crippen LogP contribution in [0.4, 0.5) is 10.5 Å². The number of rotatable bonds is 2. The van der Waals surface area contributed by atoms with Crippen molar-refractivity contribution in [2.45, 2.75) is 25.9 Å². The van der Waals surface area contributed by atoms with Gasteiger partial charge in [-0.3, -0.25) is 4.90 Å². The smallest absolute Gasteiger partial charge is 0.322 e. The molecular weight excluding hydrogens is 340 g/mol. The van der Waals surface area contributed by atoms with Gasteiger partial charge < -0.3 is 14.8 Å². The summed E-state index contributed by atoms with van der Waals surface area (Å²) >= 11 is 0. The van der Waals surface area contributed by atoms with Crippen LogP contribution in [-0.2, 0) is 0 Å². The van der Waals surface area contributed by atoms with E-state index in [9.17, 15) is 4.79 Å². The van der Waals surface area contributed by atoms with Crippen LogP contribution >= 0.6 is 0 Å². The number of nitrogens with zero attached hydrogens (tertiary/aromatic N) is 1. The van der Waals surface area contributed by atoms with Crippen LogP contribution in [0.3, 0.4) is 0 Å². The van der Waals surface area contributed by atoms with E-state index in [4.69, 9.17) is 9.47 Å². The summed E-state index contributed by atoms with van der Waals surface area (Å²) in [4.78, 5) is 14.7. The Morgan fingerprint density at radius 2 is 1.74 bits per heavy atom. The van der Waals surface area contributed by atoms with Crippen molar-refractivity contribution >= 4 is 22.5 Å². The molecule has 136 valence electrons. The number of urea groups is 1. The van der Waals surface area contributed by atoms with E-state index in [0.717, 1.165) is 28.0 Å². The van der Waals surface area contributed by atoms with E-state index in [1.165, 1.54) is 5.39 Å². The first-order valence-corrected chi connectivity index (χ1v) is 9.14. The predicted octanol–water partition coefficient (Wildman–Crippen LogP) is 4.60. The van der Waals surface area contributed by atoms with Crippen molar-refractivity contribution in [3.05, 3.63) is 65.7 Å². The van der Waals surface area contributed by atoms with Gasteiger partial charge in [0, 0.05) is 17.7 Å². The van der Waals surface area contributed by atoms with Crippen LogP contribution in [0.15, 0.2) is 54.6 Å². The van der Waals surface area contributed by atoms with Crippen LogP contribution in [0.5, 0.6) is 11.5 Å². The summed E-state index contributed by atoms with van der Waals surface area (Å²) in [5, 5.41) is 5.50. The normalized spacial score (nSPS) is 18.0. The van der Waals surface area contributed by atoms with Gasteiger partial charge in [0.2, 0.25) is 6.79 Å². The summed E-state index contributed by atoms with van der Waals surface area (Å²) in [6.07, 6.45) is 0.